The van der Waals surface area contributed by atoms with E-state index in [2.05, 4.69) is 4.98 Å². The summed E-state index contributed by atoms with van der Waals surface area (Å²) >= 11 is 0. The molecule has 29 heavy (non-hydrogen) atoms. The summed E-state index contributed by atoms with van der Waals surface area (Å²) in [7, 11) is 0. The maximum absolute atomic E-state index is 13.2. The van der Waals surface area contributed by atoms with Gasteiger partial charge in [-0.3, -0.25) is 9.78 Å². The van der Waals surface area contributed by atoms with Gasteiger partial charge in [0.05, 0.1) is 6.61 Å². The lowest BCUT2D eigenvalue weighted by molar-refractivity contribution is 0.0987. The summed E-state index contributed by atoms with van der Waals surface area (Å²) in [5, 5.41) is 0. The summed E-state index contributed by atoms with van der Waals surface area (Å²) in [4.78, 5) is 18.7. The van der Waals surface area contributed by atoms with Gasteiger partial charge in [-0.25, -0.2) is 4.39 Å². The molecule has 2 aromatic carbocycles. The van der Waals surface area contributed by atoms with Gasteiger partial charge in [0.25, 0.3) is 5.91 Å². The number of amides is 1. The van der Waals surface area contributed by atoms with Crippen LogP contribution in [0.15, 0.2) is 67.0 Å². The second kappa shape index (κ2) is 9.68. The SMILES string of the molecule is CCOc1cc(C(=O)N(CC)c2ccc(F)cc2)ccc1OCc1cccnc1. The second-order valence-corrected chi connectivity index (χ2v) is 6.27. The van der Waals surface area contributed by atoms with Crippen molar-refractivity contribution in [2.45, 2.75) is 20.5 Å². The quantitative estimate of drug-likeness (QED) is 0.547. The Hall–Kier alpha value is -3.41. The van der Waals surface area contributed by atoms with Crippen LogP contribution in [-0.4, -0.2) is 24.0 Å². The maximum atomic E-state index is 13.2. The zero-order valence-electron chi connectivity index (χ0n) is 16.5. The van der Waals surface area contributed by atoms with Crippen LogP contribution in [0.4, 0.5) is 10.1 Å². The van der Waals surface area contributed by atoms with Crippen molar-refractivity contribution in [2.24, 2.45) is 0 Å². The number of carbonyl (C=O) groups excluding carboxylic acids is 1. The van der Waals surface area contributed by atoms with Crippen molar-refractivity contribution in [2.75, 3.05) is 18.1 Å². The first-order valence-electron chi connectivity index (χ1n) is 9.48. The number of hydrogen-bond donors (Lipinski definition) is 0. The van der Waals surface area contributed by atoms with E-state index in [1.54, 1.807) is 47.6 Å². The summed E-state index contributed by atoms with van der Waals surface area (Å²) in [6.45, 7) is 4.98. The Morgan fingerprint density at radius 1 is 1.03 bits per heavy atom. The van der Waals surface area contributed by atoms with Crippen molar-refractivity contribution >= 4 is 11.6 Å². The van der Waals surface area contributed by atoms with Crippen molar-refractivity contribution in [3.63, 3.8) is 0 Å². The highest BCUT2D eigenvalue weighted by Crippen LogP contribution is 2.30. The van der Waals surface area contributed by atoms with Gasteiger partial charge in [0.2, 0.25) is 0 Å². The molecule has 0 atom stereocenters. The number of carbonyl (C=O) groups is 1. The zero-order valence-corrected chi connectivity index (χ0v) is 16.5. The molecule has 0 bridgehead atoms. The monoisotopic (exact) mass is 394 g/mol. The number of hydrogen-bond acceptors (Lipinski definition) is 4. The summed E-state index contributed by atoms with van der Waals surface area (Å²) in [6, 6.07) is 14.7. The molecule has 0 saturated carbocycles. The van der Waals surface area contributed by atoms with Crippen LogP contribution >= 0.6 is 0 Å². The number of ether oxygens (including phenoxy) is 2. The minimum atomic E-state index is -0.342. The Morgan fingerprint density at radius 2 is 1.83 bits per heavy atom. The lowest BCUT2D eigenvalue weighted by Gasteiger charge is -2.22. The van der Waals surface area contributed by atoms with Gasteiger partial charge < -0.3 is 14.4 Å². The second-order valence-electron chi connectivity index (χ2n) is 6.27. The van der Waals surface area contributed by atoms with E-state index < -0.39 is 0 Å². The molecule has 0 radical (unpaired) electrons. The molecule has 0 spiro atoms. The molecule has 0 aliphatic rings. The molecule has 0 unspecified atom stereocenters. The zero-order chi connectivity index (χ0) is 20.6. The Labute approximate surface area is 169 Å². The maximum Gasteiger partial charge on any atom is 0.258 e. The van der Waals surface area contributed by atoms with Gasteiger partial charge in [-0.1, -0.05) is 6.07 Å². The lowest BCUT2D eigenvalue weighted by Crippen LogP contribution is -2.30. The molecule has 6 heteroatoms. The van der Waals surface area contributed by atoms with Crippen LogP contribution in [0.25, 0.3) is 0 Å². The van der Waals surface area contributed by atoms with Gasteiger partial charge in [0.1, 0.15) is 12.4 Å². The van der Waals surface area contributed by atoms with Crippen molar-refractivity contribution < 1.29 is 18.7 Å². The Balaban J connectivity index is 1.82. The molecule has 0 aliphatic heterocycles. The van der Waals surface area contributed by atoms with Crippen molar-refractivity contribution in [1.82, 2.24) is 4.98 Å². The van der Waals surface area contributed by atoms with E-state index >= 15 is 0 Å². The highest BCUT2D eigenvalue weighted by Gasteiger charge is 2.18. The molecule has 1 aromatic heterocycles. The van der Waals surface area contributed by atoms with E-state index in [0.29, 0.717) is 42.5 Å². The van der Waals surface area contributed by atoms with Gasteiger partial charge in [-0.15, -0.1) is 0 Å². The van der Waals surface area contributed by atoms with Crippen LogP contribution in [0.1, 0.15) is 29.8 Å². The van der Waals surface area contributed by atoms with Gasteiger partial charge in [0.15, 0.2) is 11.5 Å². The molecule has 3 rings (SSSR count). The largest absolute Gasteiger partial charge is 0.490 e. The normalized spacial score (nSPS) is 10.4. The molecular weight excluding hydrogens is 371 g/mol. The highest BCUT2D eigenvalue weighted by atomic mass is 19.1. The molecule has 0 aliphatic carbocycles. The fourth-order valence-electron chi connectivity index (χ4n) is 2.89. The number of aromatic nitrogens is 1. The minimum absolute atomic E-state index is 0.195. The van der Waals surface area contributed by atoms with Crippen molar-refractivity contribution in [1.29, 1.82) is 0 Å². The Morgan fingerprint density at radius 3 is 2.48 bits per heavy atom. The number of pyridine rings is 1. The number of rotatable bonds is 8. The van der Waals surface area contributed by atoms with E-state index in [4.69, 9.17) is 9.47 Å². The Kier molecular flexibility index (Phi) is 6.79. The fraction of sp³-hybridized carbons (Fsp3) is 0.217. The molecule has 1 heterocycles. The molecule has 1 amide bonds. The van der Waals surface area contributed by atoms with Crippen LogP contribution < -0.4 is 14.4 Å². The predicted octanol–water partition coefficient (Wildman–Crippen LogP) is 4.87. The average molecular weight is 394 g/mol. The average Bonchev–Trinajstić information content (AvgIpc) is 2.75. The molecule has 0 fully saturated rings. The molecule has 3 aromatic rings. The summed E-state index contributed by atoms with van der Waals surface area (Å²) in [6.07, 6.45) is 3.44. The third-order valence-corrected chi connectivity index (χ3v) is 4.31. The van der Waals surface area contributed by atoms with E-state index in [9.17, 15) is 9.18 Å². The van der Waals surface area contributed by atoms with Gasteiger partial charge in [0, 0.05) is 35.8 Å². The summed E-state index contributed by atoms with van der Waals surface area (Å²) in [5.74, 6) is 0.513. The first kappa shape index (κ1) is 20.3. The number of benzene rings is 2. The van der Waals surface area contributed by atoms with E-state index in [1.807, 2.05) is 26.0 Å². The van der Waals surface area contributed by atoms with E-state index in [0.717, 1.165) is 5.56 Å². The first-order chi connectivity index (χ1) is 14.1. The number of anilines is 1. The van der Waals surface area contributed by atoms with Crippen molar-refractivity contribution in [3.8, 4) is 11.5 Å². The van der Waals surface area contributed by atoms with Gasteiger partial charge in [-0.2, -0.15) is 0 Å². The van der Waals surface area contributed by atoms with Crippen molar-refractivity contribution in [3.05, 3.63) is 83.9 Å². The molecular formula is C23H23FN2O3. The van der Waals surface area contributed by atoms with Gasteiger partial charge in [-0.05, 0) is 62.4 Å². The predicted molar refractivity (Wildman–Crippen MR) is 110 cm³/mol. The standard InChI is InChI=1S/C23H23FN2O3/c1-3-26(20-10-8-19(24)9-11-20)23(27)18-7-12-21(22(14-18)28-4-2)29-16-17-6-5-13-25-15-17/h5-15H,3-4,16H2,1-2H3. The third-order valence-electron chi connectivity index (χ3n) is 4.31. The lowest BCUT2D eigenvalue weighted by atomic mass is 10.1. The van der Waals surface area contributed by atoms with Crippen LogP contribution in [0.2, 0.25) is 0 Å². The fourth-order valence-corrected chi connectivity index (χ4v) is 2.89. The topological polar surface area (TPSA) is 51.7 Å². The third kappa shape index (κ3) is 5.10. The molecule has 150 valence electrons. The summed E-state index contributed by atoms with van der Waals surface area (Å²) < 4.78 is 24.8. The summed E-state index contributed by atoms with van der Waals surface area (Å²) in [5.41, 5.74) is 2.03. The minimum Gasteiger partial charge on any atom is -0.490 e. The van der Waals surface area contributed by atoms with Crippen LogP contribution in [0.3, 0.4) is 0 Å². The number of nitrogens with zero attached hydrogens (tertiary/aromatic N) is 2. The number of halogens is 1. The Bertz CT molecular complexity index is 946. The first-order valence-corrected chi connectivity index (χ1v) is 9.48. The van der Waals surface area contributed by atoms with Crippen LogP contribution in [0, 0.1) is 5.82 Å². The molecule has 0 saturated heterocycles. The van der Waals surface area contributed by atoms with Gasteiger partial charge >= 0.3 is 0 Å². The smallest absolute Gasteiger partial charge is 0.258 e. The molecule has 5 nitrogen and oxygen atoms in total. The van der Waals surface area contributed by atoms with E-state index in [1.165, 1.54) is 12.1 Å². The molecule has 0 N–H and O–H groups in total. The van der Waals surface area contributed by atoms with Crippen LogP contribution in [-0.2, 0) is 6.61 Å². The highest BCUT2D eigenvalue weighted by molar-refractivity contribution is 6.06. The van der Waals surface area contributed by atoms with Crippen LogP contribution in [0.5, 0.6) is 11.5 Å². The van der Waals surface area contributed by atoms with E-state index in [-0.39, 0.29) is 11.7 Å².